The molecule has 0 radical (unpaired) electrons. The average Bonchev–Trinajstić information content (AvgIpc) is 3.05. The van der Waals surface area contributed by atoms with Crippen LogP contribution in [0.25, 0.3) is 6.08 Å². The zero-order valence-corrected chi connectivity index (χ0v) is 16.6. The van der Waals surface area contributed by atoms with Crippen molar-refractivity contribution in [3.63, 3.8) is 0 Å². The van der Waals surface area contributed by atoms with E-state index in [0.29, 0.717) is 13.0 Å². The molecule has 4 nitrogen and oxygen atoms in total. The van der Waals surface area contributed by atoms with Crippen molar-refractivity contribution in [3.05, 3.63) is 76.9 Å². The highest BCUT2D eigenvalue weighted by Crippen LogP contribution is 2.39. The van der Waals surface area contributed by atoms with E-state index in [-0.39, 0.29) is 11.7 Å². The number of likely N-dealkylation sites (tertiary alicyclic amines) is 1. The summed E-state index contributed by atoms with van der Waals surface area (Å²) >= 11 is 0. The summed E-state index contributed by atoms with van der Waals surface area (Å²) in [5.41, 5.74) is 3.97. The van der Waals surface area contributed by atoms with Crippen LogP contribution in [0.3, 0.4) is 0 Å². The van der Waals surface area contributed by atoms with Gasteiger partial charge in [-0.1, -0.05) is 54.6 Å². The summed E-state index contributed by atoms with van der Waals surface area (Å²) in [5, 5.41) is 0. The normalized spacial score (nSPS) is 21.4. The van der Waals surface area contributed by atoms with Gasteiger partial charge in [0.2, 0.25) is 0 Å². The third kappa shape index (κ3) is 3.55. The Morgan fingerprint density at radius 2 is 1.75 bits per heavy atom. The number of allylic oxidation sites excluding steroid dienone is 1. The first kappa shape index (κ1) is 19.1. The molecule has 0 bridgehead atoms. The van der Waals surface area contributed by atoms with E-state index in [9.17, 15) is 4.79 Å². The first-order chi connectivity index (χ1) is 13.6. The van der Waals surface area contributed by atoms with Crippen molar-refractivity contribution >= 4 is 11.9 Å². The third-order valence-electron chi connectivity index (χ3n) is 6.09. The molecule has 0 aromatic heterocycles. The average molecular weight is 377 g/mol. The van der Waals surface area contributed by atoms with Crippen LogP contribution in [0.15, 0.2) is 60.2 Å². The van der Waals surface area contributed by atoms with Crippen LogP contribution in [0, 0.1) is 5.92 Å². The van der Waals surface area contributed by atoms with E-state index in [1.54, 1.807) is 14.2 Å². The molecule has 0 N–H and O–H groups in total. The number of piperidine rings is 1. The van der Waals surface area contributed by atoms with Crippen molar-refractivity contribution in [1.29, 1.82) is 0 Å². The number of methoxy groups -OCH3 is 2. The van der Waals surface area contributed by atoms with Gasteiger partial charge in [-0.3, -0.25) is 9.69 Å². The van der Waals surface area contributed by atoms with Gasteiger partial charge in [-0.25, -0.2) is 0 Å². The summed E-state index contributed by atoms with van der Waals surface area (Å²) in [6, 6.07) is 18.3. The molecule has 1 aliphatic carbocycles. The molecule has 0 amide bonds. The Morgan fingerprint density at radius 1 is 1.04 bits per heavy atom. The summed E-state index contributed by atoms with van der Waals surface area (Å²) in [7, 11) is 3.42. The Morgan fingerprint density at radius 3 is 2.46 bits per heavy atom. The van der Waals surface area contributed by atoms with Crippen LogP contribution in [-0.4, -0.2) is 43.8 Å². The van der Waals surface area contributed by atoms with Crippen LogP contribution in [0.5, 0.6) is 0 Å². The van der Waals surface area contributed by atoms with E-state index in [2.05, 4.69) is 29.2 Å². The highest BCUT2D eigenvalue weighted by Gasteiger charge is 2.45. The van der Waals surface area contributed by atoms with Crippen LogP contribution < -0.4 is 0 Å². The Labute approximate surface area is 166 Å². The molecule has 0 saturated carbocycles. The second kappa shape index (κ2) is 8.00. The number of ketones is 1. The lowest BCUT2D eigenvalue weighted by molar-refractivity contribution is -0.263. The van der Waals surface area contributed by atoms with Gasteiger partial charge in [-0.05, 0) is 36.6 Å². The predicted octanol–water partition coefficient (Wildman–Crippen LogP) is 4.17. The van der Waals surface area contributed by atoms with Crippen LogP contribution in [0.2, 0.25) is 0 Å². The molecule has 1 fully saturated rings. The van der Waals surface area contributed by atoms with Gasteiger partial charge in [0.1, 0.15) is 0 Å². The van der Waals surface area contributed by atoms with E-state index in [1.807, 2.05) is 36.4 Å². The maximum absolute atomic E-state index is 12.8. The number of fused-ring (bicyclic) bond motifs is 1. The molecule has 1 unspecified atom stereocenters. The third-order valence-corrected chi connectivity index (χ3v) is 6.09. The number of Topliss-reactive ketones (excluding diaryl/α,β-unsaturated/α-hetero) is 1. The molecular formula is C24H27NO3. The van der Waals surface area contributed by atoms with Crippen LogP contribution >= 0.6 is 0 Å². The number of rotatable bonds is 6. The Hall–Kier alpha value is -2.27. The Kier molecular flexibility index (Phi) is 5.44. The molecule has 4 rings (SSSR count). The van der Waals surface area contributed by atoms with Crippen LogP contribution in [0.1, 0.15) is 34.3 Å². The molecule has 146 valence electrons. The molecular weight excluding hydrogens is 350 g/mol. The molecule has 2 aromatic carbocycles. The number of carbonyl (C=O) groups excluding carboxylic acids is 1. The fraction of sp³-hybridized carbons (Fsp3) is 0.375. The van der Waals surface area contributed by atoms with Crippen molar-refractivity contribution in [2.24, 2.45) is 5.92 Å². The van der Waals surface area contributed by atoms with E-state index in [1.165, 1.54) is 5.56 Å². The minimum atomic E-state index is -0.705. The summed E-state index contributed by atoms with van der Waals surface area (Å²) in [4.78, 5) is 15.2. The van der Waals surface area contributed by atoms with E-state index < -0.39 is 5.79 Å². The highest BCUT2D eigenvalue weighted by molar-refractivity contribution is 6.17. The first-order valence-corrected chi connectivity index (χ1v) is 9.86. The number of hydrogen-bond donors (Lipinski definition) is 0. The van der Waals surface area contributed by atoms with Gasteiger partial charge < -0.3 is 9.47 Å². The lowest BCUT2D eigenvalue weighted by Gasteiger charge is -2.46. The van der Waals surface area contributed by atoms with Crippen LogP contribution in [0.4, 0.5) is 0 Å². The smallest absolute Gasteiger partial charge is 0.189 e. The summed E-state index contributed by atoms with van der Waals surface area (Å²) in [5.74, 6) is -0.425. The summed E-state index contributed by atoms with van der Waals surface area (Å²) < 4.78 is 11.9. The topological polar surface area (TPSA) is 38.8 Å². The zero-order valence-electron chi connectivity index (χ0n) is 16.6. The minimum absolute atomic E-state index is 0.138. The highest BCUT2D eigenvalue weighted by atomic mass is 16.7. The first-order valence-electron chi connectivity index (χ1n) is 9.86. The minimum Gasteiger partial charge on any atom is -0.352 e. The second-order valence-corrected chi connectivity index (χ2v) is 7.69. The van der Waals surface area contributed by atoms with Gasteiger partial charge in [0.25, 0.3) is 0 Å². The van der Waals surface area contributed by atoms with Gasteiger partial charge in [-0.15, -0.1) is 0 Å². The van der Waals surface area contributed by atoms with Crippen molar-refractivity contribution in [2.75, 3.05) is 27.3 Å². The van der Waals surface area contributed by atoms with E-state index in [4.69, 9.17) is 9.47 Å². The zero-order chi connectivity index (χ0) is 19.6. The fourth-order valence-corrected chi connectivity index (χ4v) is 4.53. The molecule has 2 aromatic rings. The van der Waals surface area contributed by atoms with Crippen molar-refractivity contribution < 1.29 is 14.3 Å². The van der Waals surface area contributed by atoms with Gasteiger partial charge in [0.15, 0.2) is 11.6 Å². The molecule has 1 saturated heterocycles. The van der Waals surface area contributed by atoms with Gasteiger partial charge in [0.05, 0.1) is 6.54 Å². The molecule has 4 heteroatoms. The van der Waals surface area contributed by atoms with E-state index in [0.717, 1.165) is 36.2 Å². The number of carbonyl (C=O) groups is 1. The van der Waals surface area contributed by atoms with E-state index >= 15 is 0 Å². The summed E-state index contributed by atoms with van der Waals surface area (Å²) in [6.45, 7) is 2.52. The van der Waals surface area contributed by atoms with Crippen molar-refractivity contribution in [3.8, 4) is 0 Å². The Balaban J connectivity index is 1.50. The molecule has 2 aliphatic rings. The fourth-order valence-electron chi connectivity index (χ4n) is 4.53. The van der Waals surface area contributed by atoms with Gasteiger partial charge >= 0.3 is 0 Å². The lowest BCUT2D eigenvalue weighted by Crippen LogP contribution is -2.56. The maximum Gasteiger partial charge on any atom is 0.189 e. The van der Waals surface area contributed by atoms with Crippen molar-refractivity contribution in [1.82, 2.24) is 4.90 Å². The Bertz CT molecular complexity index is 870. The second-order valence-electron chi connectivity index (χ2n) is 7.69. The SMILES string of the molecule is COC1(OC)CN(Cc2ccccc2)CCC1CC1=Cc2ccccc2C1=O. The predicted molar refractivity (Wildman–Crippen MR) is 110 cm³/mol. The number of hydrogen-bond acceptors (Lipinski definition) is 4. The standard InChI is InChI=1S/C24H27NO3/c1-27-24(28-2)17-25(16-18-8-4-3-5-9-18)13-12-21(24)15-20-14-19-10-6-7-11-22(19)23(20)26/h3-11,14,21H,12-13,15-17H2,1-2H3. The quantitative estimate of drug-likeness (QED) is 0.709. The number of ether oxygens (including phenoxy) is 2. The van der Waals surface area contributed by atoms with Gasteiger partial charge in [-0.2, -0.15) is 0 Å². The molecule has 1 heterocycles. The number of benzene rings is 2. The molecule has 1 atom stereocenters. The van der Waals surface area contributed by atoms with Gasteiger partial charge in [0, 0.05) is 37.8 Å². The lowest BCUT2D eigenvalue weighted by atomic mass is 9.83. The maximum atomic E-state index is 12.8. The molecule has 28 heavy (non-hydrogen) atoms. The molecule has 1 aliphatic heterocycles. The van der Waals surface area contributed by atoms with Crippen LogP contribution in [-0.2, 0) is 16.0 Å². The van der Waals surface area contributed by atoms with Crippen molar-refractivity contribution in [2.45, 2.75) is 25.2 Å². The molecule has 0 spiro atoms. The monoisotopic (exact) mass is 377 g/mol. The largest absolute Gasteiger partial charge is 0.352 e. The number of nitrogens with zero attached hydrogens (tertiary/aromatic N) is 1. The summed E-state index contributed by atoms with van der Waals surface area (Å²) in [6.07, 6.45) is 3.63.